The zero-order chi connectivity index (χ0) is 18.4. The molecule has 0 spiro atoms. The van der Waals surface area contributed by atoms with Crippen molar-refractivity contribution < 1.29 is 42.9 Å². The van der Waals surface area contributed by atoms with Gasteiger partial charge in [-0.2, -0.15) is 0 Å². The van der Waals surface area contributed by atoms with Crippen LogP contribution in [-0.4, -0.2) is 89.9 Å². The molecule has 0 saturated carbocycles. The van der Waals surface area contributed by atoms with Gasteiger partial charge in [0.1, 0.15) is 18.1 Å². The van der Waals surface area contributed by atoms with Crippen molar-refractivity contribution >= 4 is 66.1 Å². The van der Waals surface area contributed by atoms with E-state index in [-0.39, 0.29) is 36.2 Å². The predicted molar refractivity (Wildman–Crippen MR) is 86.7 cm³/mol. The van der Waals surface area contributed by atoms with Crippen LogP contribution in [0.2, 0.25) is 0 Å². The molecule has 0 N–H and O–H groups in total. The minimum Gasteiger partial charge on any atom is -0.463 e. The summed E-state index contributed by atoms with van der Waals surface area (Å²) in [6, 6.07) is 0. The number of hydrogen-bond donors (Lipinski definition) is 1. The average Bonchev–Trinajstić information content (AvgIpc) is 2.42. The third-order valence-electron chi connectivity index (χ3n) is 2.97. The van der Waals surface area contributed by atoms with Crippen LogP contribution in [-0.2, 0) is 42.9 Å². The molecular weight excluding hydrogens is 367 g/mol. The molecule has 1 fully saturated rings. The van der Waals surface area contributed by atoms with Gasteiger partial charge in [-0.15, -0.1) is 12.6 Å². The van der Waals surface area contributed by atoms with Crippen LogP contribution in [0.1, 0.15) is 27.7 Å². The monoisotopic (exact) mass is 387 g/mol. The quantitative estimate of drug-likeness (QED) is 0.292. The summed E-state index contributed by atoms with van der Waals surface area (Å²) in [6.45, 7) is 4.42. The number of carbonyl (C=O) groups is 4. The molecule has 1 aliphatic heterocycles. The Bertz CT molecular complexity index is 513. The summed E-state index contributed by atoms with van der Waals surface area (Å²) in [6.07, 6.45) is -4.35. The molecule has 5 atom stereocenters. The Labute approximate surface area is 172 Å². The molecule has 0 amide bonds. The molecule has 0 bridgehead atoms. The Morgan fingerprint density at radius 3 is 1.68 bits per heavy atom. The van der Waals surface area contributed by atoms with E-state index >= 15 is 0 Å². The zero-order valence-corrected chi connectivity index (χ0v) is 17.6. The van der Waals surface area contributed by atoms with Gasteiger partial charge in [0.2, 0.25) is 0 Å². The summed E-state index contributed by atoms with van der Waals surface area (Å²) in [5.74, 6) is -2.57. The Morgan fingerprint density at radius 2 is 1.24 bits per heavy atom. The molecule has 1 saturated heterocycles. The molecule has 25 heavy (non-hydrogen) atoms. The first kappa shape index (κ1) is 24.2. The fourth-order valence-electron chi connectivity index (χ4n) is 2.21. The molecule has 0 aromatic carbocycles. The van der Waals surface area contributed by atoms with Gasteiger partial charge in [0, 0.05) is 57.3 Å². The van der Waals surface area contributed by atoms with E-state index in [1.54, 1.807) is 0 Å². The minimum absolute atomic E-state index is 0. The molecular formula is C14H20NaO9S. The SMILES string of the molecule is CC(=O)OC[C@H]1O[C@@H](S)[C@H](OC(C)=O)[C@@H](OC(C)=O)[C@H]1OC(C)=O.[Na]. The van der Waals surface area contributed by atoms with Crippen LogP contribution in [0, 0.1) is 0 Å². The standard InChI is InChI=1S/C14H20O9S.Na/c1-6(15)19-5-10-11(20-7(2)16)12(21-8(3)17)13(14(24)23-10)22-9(4)18;/h10-14,24H,5H2,1-4H3;/t10-,11+,12+,13-,14+;/m1./s1. The van der Waals surface area contributed by atoms with Crippen molar-refractivity contribution in [1.82, 2.24) is 0 Å². The second kappa shape index (κ2) is 11.0. The predicted octanol–water partition coefficient (Wildman–Crippen LogP) is -0.381. The second-order valence-electron chi connectivity index (χ2n) is 5.09. The van der Waals surface area contributed by atoms with Gasteiger partial charge in [-0.3, -0.25) is 19.2 Å². The Hall–Kier alpha value is -0.810. The fraction of sp³-hybridized carbons (Fsp3) is 0.714. The summed E-state index contributed by atoms with van der Waals surface area (Å²) < 4.78 is 25.8. The Balaban J connectivity index is 0.00000576. The van der Waals surface area contributed by atoms with Gasteiger partial charge in [0.25, 0.3) is 0 Å². The number of hydrogen-bond acceptors (Lipinski definition) is 10. The van der Waals surface area contributed by atoms with E-state index in [2.05, 4.69) is 12.6 Å². The maximum atomic E-state index is 11.4. The van der Waals surface area contributed by atoms with Crippen LogP contribution >= 0.6 is 12.6 Å². The maximum Gasteiger partial charge on any atom is 0.303 e. The molecule has 1 radical (unpaired) electrons. The fourth-order valence-corrected chi connectivity index (χ4v) is 2.59. The first-order chi connectivity index (χ1) is 11.1. The van der Waals surface area contributed by atoms with E-state index in [1.165, 1.54) is 6.92 Å². The van der Waals surface area contributed by atoms with Crippen LogP contribution in [0.3, 0.4) is 0 Å². The van der Waals surface area contributed by atoms with Crippen LogP contribution in [0.5, 0.6) is 0 Å². The summed E-state index contributed by atoms with van der Waals surface area (Å²) in [5.41, 5.74) is -0.981. The third-order valence-corrected chi connectivity index (χ3v) is 3.38. The van der Waals surface area contributed by atoms with E-state index in [0.29, 0.717) is 0 Å². The van der Waals surface area contributed by atoms with E-state index < -0.39 is 53.7 Å². The van der Waals surface area contributed by atoms with Crippen molar-refractivity contribution in [3.05, 3.63) is 0 Å². The van der Waals surface area contributed by atoms with Gasteiger partial charge in [-0.05, 0) is 0 Å². The van der Waals surface area contributed by atoms with Gasteiger partial charge < -0.3 is 23.7 Å². The second-order valence-corrected chi connectivity index (χ2v) is 5.60. The Morgan fingerprint density at radius 1 is 0.800 bits per heavy atom. The molecule has 0 aromatic heterocycles. The smallest absolute Gasteiger partial charge is 0.303 e. The van der Waals surface area contributed by atoms with Crippen molar-refractivity contribution in [2.45, 2.75) is 57.5 Å². The summed E-state index contributed by atoms with van der Waals surface area (Å²) in [7, 11) is 0. The zero-order valence-electron chi connectivity index (χ0n) is 14.7. The van der Waals surface area contributed by atoms with E-state index in [0.717, 1.165) is 20.8 Å². The van der Waals surface area contributed by atoms with Crippen LogP contribution < -0.4 is 0 Å². The van der Waals surface area contributed by atoms with E-state index in [4.69, 9.17) is 23.7 Å². The average molecular weight is 387 g/mol. The van der Waals surface area contributed by atoms with Gasteiger partial charge in [-0.25, -0.2) is 0 Å². The summed E-state index contributed by atoms with van der Waals surface area (Å²) in [5, 5.41) is 0. The van der Waals surface area contributed by atoms with Gasteiger partial charge in [-0.1, -0.05) is 0 Å². The third kappa shape index (κ3) is 7.95. The number of ether oxygens (including phenoxy) is 5. The van der Waals surface area contributed by atoms with Crippen LogP contribution in [0.15, 0.2) is 0 Å². The van der Waals surface area contributed by atoms with Crippen molar-refractivity contribution in [3.8, 4) is 0 Å². The largest absolute Gasteiger partial charge is 0.463 e. The Kier molecular flexibility index (Phi) is 10.7. The van der Waals surface area contributed by atoms with Gasteiger partial charge >= 0.3 is 23.9 Å². The topological polar surface area (TPSA) is 114 Å². The molecule has 1 rings (SSSR count). The van der Waals surface area contributed by atoms with Crippen molar-refractivity contribution in [2.24, 2.45) is 0 Å². The molecule has 9 nitrogen and oxygen atoms in total. The molecule has 1 heterocycles. The molecule has 0 aromatic rings. The maximum absolute atomic E-state index is 11.4. The van der Waals surface area contributed by atoms with Crippen LogP contribution in [0.25, 0.3) is 0 Å². The van der Waals surface area contributed by atoms with Gasteiger partial charge in [0.05, 0.1) is 0 Å². The minimum atomic E-state index is -1.16. The normalized spacial score (nSPS) is 28.1. The van der Waals surface area contributed by atoms with E-state index in [1.807, 2.05) is 0 Å². The molecule has 1 aliphatic rings. The first-order valence-corrected chi connectivity index (χ1v) is 7.62. The summed E-state index contributed by atoms with van der Waals surface area (Å²) >= 11 is 4.18. The molecule has 0 unspecified atom stereocenters. The van der Waals surface area contributed by atoms with E-state index in [9.17, 15) is 19.2 Å². The number of thiol groups is 1. The molecule has 0 aliphatic carbocycles. The van der Waals surface area contributed by atoms with Crippen LogP contribution in [0.4, 0.5) is 0 Å². The first-order valence-electron chi connectivity index (χ1n) is 7.10. The number of rotatable bonds is 5. The number of esters is 4. The van der Waals surface area contributed by atoms with Crippen molar-refractivity contribution in [3.63, 3.8) is 0 Å². The number of carbonyl (C=O) groups excluding carboxylic acids is 4. The molecule has 137 valence electrons. The van der Waals surface area contributed by atoms with Crippen molar-refractivity contribution in [1.29, 1.82) is 0 Å². The summed E-state index contributed by atoms with van der Waals surface area (Å²) in [4.78, 5) is 45.1. The van der Waals surface area contributed by atoms with Gasteiger partial charge in [0.15, 0.2) is 18.3 Å². The molecule has 11 heteroatoms. The van der Waals surface area contributed by atoms with Crippen molar-refractivity contribution in [2.75, 3.05) is 6.61 Å².